The topological polar surface area (TPSA) is 64.6 Å². The normalized spacial score (nSPS) is 12.6. The molecule has 0 aliphatic carbocycles. The Morgan fingerprint density at radius 2 is 1.80 bits per heavy atom. The van der Waals surface area contributed by atoms with Crippen LogP contribution in [-0.4, -0.2) is 31.2 Å². The van der Waals surface area contributed by atoms with Crippen molar-refractivity contribution in [2.24, 2.45) is 0 Å². The molecule has 0 heterocycles. The molecule has 0 aliphatic heterocycles. The number of hydrogen-bond donors (Lipinski definition) is 1. The molecule has 1 unspecified atom stereocenters. The number of hydrogen-bond acceptors (Lipinski definition) is 5. The zero-order valence-corrected chi connectivity index (χ0v) is 12.3. The fourth-order valence-corrected chi connectivity index (χ4v) is 1.66. The van der Waals surface area contributed by atoms with Crippen molar-refractivity contribution in [2.45, 2.75) is 32.4 Å². The smallest absolute Gasteiger partial charge is 0.327 e. The van der Waals surface area contributed by atoms with E-state index in [1.807, 2.05) is 18.2 Å². The molecule has 0 fully saturated rings. The molecule has 0 saturated carbocycles. The van der Waals surface area contributed by atoms with E-state index in [9.17, 15) is 9.59 Å². The predicted molar refractivity (Wildman–Crippen MR) is 75.0 cm³/mol. The largest absolute Gasteiger partial charge is 0.468 e. The van der Waals surface area contributed by atoms with E-state index in [1.165, 1.54) is 7.11 Å². The van der Waals surface area contributed by atoms with Gasteiger partial charge in [-0.05, 0) is 26.3 Å². The summed E-state index contributed by atoms with van der Waals surface area (Å²) in [6.07, 6.45) is 0. The first kappa shape index (κ1) is 16.2. The van der Waals surface area contributed by atoms with Gasteiger partial charge in [-0.1, -0.05) is 30.3 Å². The molecule has 1 atom stereocenters. The minimum Gasteiger partial charge on any atom is -0.468 e. The molecule has 0 aromatic heterocycles. The van der Waals surface area contributed by atoms with E-state index in [-0.39, 0.29) is 6.54 Å². The van der Waals surface area contributed by atoms with Gasteiger partial charge in [0.15, 0.2) is 0 Å². The van der Waals surface area contributed by atoms with Gasteiger partial charge >= 0.3 is 11.9 Å². The molecule has 1 aromatic rings. The number of rotatable bonds is 5. The van der Waals surface area contributed by atoms with E-state index in [4.69, 9.17) is 9.47 Å². The van der Waals surface area contributed by atoms with Gasteiger partial charge in [0.25, 0.3) is 0 Å². The molecule has 110 valence electrons. The lowest BCUT2D eigenvalue weighted by atomic mass is 10.1. The van der Waals surface area contributed by atoms with Crippen molar-refractivity contribution < 1.29 is 19.1 Å². The third kappa shape index (κ3) is 5.40. The highest BCUT2D eigenvalue weighted by Crippen LogP contribution is 2.14. The van der Waals surface area contributed by atoms with Crippen molar-refractivity contribution in [3.8, 4) is 0 Å². The molecule has 20 heavy (non-hydrogen) atoms. The van der Waals surface area contributed by atoms with Gasteiger partial charge in [0.1, 0.15) is 11.6 Å². The first-order valence-electron chi connectivity index (χ1n) is 6.41. The molecule has 5 nitrogen and oxygen atoms in total. The third-order valence-corrected chi connectivity index (χ3v) is 2.44. The SMILES string of the molecule is COC(=O)C(NCC(=O)OC(C)(C)C)c1ccccc1. The van der Waals surface area contributed by atoms with Crippen LogP contribution in [0.1, 0.15) is 32.4 Å². The summed E-state index contributed by atoms with van der Waals surface area (Å²) in [4.78, 5) is 23.4. The van der Waals surface area contributed by atoms with E-state index in [2.05, 4.69) is 5.32 Å². The van der Waals surface area contributed by atoms with Crippen LogP contribution in [0.4, 0.5) is 0 Å². The van der Waals surface area contributed by atoms with Crippen LogP contribution in [0.15, 0.2) is 30.3 Å². The standard InChI is InChI=1S/C15H21NO4/c1-15(2,3)20-12(17)10-16-13(14(18)19-4)11-8-6-5-7-9-11/h5-9,13,16H,10H2,1-4H3. The molecular weight excluding hydrogens is 258 g/mol. The maximum Gasteiger partial charge on any atom is 0.327 e. The quantitative estimate of drug-likeness (QED) is 0.833. The van der Waals surface area contributed by atoms with E-state index in [0.717, 1.165) is 5.56 Å². The maximum atomic E-state index is 11.8. The average Bonchev–Trinajstić information content (AvgIpc) is 2.37. The molecule has 1 rings (SSSR count). The number of carbonyl (C=O) groups excluding carboxylic acids is 2. The zero-order valence-electron chi connectivity index (χ0n) is 12.3. The van der Waals surface area contributed by atoms with Crippen molar-refractivity contribution >= 4 is 11.9 Å². The van der Waals surface area contributed by atoms with E-state index in [1.54, 1.807) is 32.9 Å². The van der Waals surface area contributed by atoms with Crippen molar-refractivity contribution in [1.29, 1.82) is 0 Å². The van der Waals surface area contributed by atoms with E-state index >= 15 is 0 Å². The molecule has 1 aromatic carbocycles. The summed E-state index contributed by atoms with van der Waals surface area (Å²) in [6.45, 7) is 5.31. The van der Waals surface area contributed by atoms with Gasteiger partial charge in [0, 0.05) is 0 Å². The average molecular weight is 279 g/mol. The minimum atomic E-state index is -0.686. The summed E-state index contributed by atoms with van der Waals surface area (Å²) in [5, 5.41) is 2.86. The summed E-state index contributed by atoms with van der Waals surface area (Å²) in [5.41, 5.74) is 0.189. The first-order chi connectivity index (χ1) is 9.33. The highest BCUT2D eigenvalue weighted by Gasteiger charge is 2.23. The molecule has 5 heteroatoms. The highest BCUT2D eigenvalue weighted by atomic mass is 16.6. The van der Waals surface area contributed by atoms with E-state index in [0.29, 0.717) is 0 Å². The van der Waals surface area contributed by atoms with Gasteiger partial charge in [-0.25, -0.2) is 4.79 Å². The molecule has 0 spiro atoms. The van der Waals surface area contributed by atoms with Crippen LogP contribution in [0.25, 0.3) is 0 Å². The van der Waals surface area contributed by atoms with Crippen molar-refractivity contribution in [1.82, 2.24) is 5.32 Å². The lowest BCUT2D eigenvalue weighted by Gasteiger charge is -2.21. The Bertz CT molecular complexity index is 451. The third-order valence-electron chi connectivity index (χ3n) is 2.44. The lowest BCUT2D eigenvalue weighted by Crippen LogP contribution is -2.36. The molecular formula is C15H21NO4. The second-order valence-corrected chi connectivity index (χ2v) is 5.33. The summed E-state index contributed by atoms with van der Waals surface area (Å²) in [7, 11) is 1.31. The Kier molecular flexibility index (Phi) is 5.70. The Morgan fingerprint density at radius 1 is 1.20 bits per heavy atom. The molecule has 0 bridgehead atoms. The van der Waals surface area contributed by atoms with Crippen LogP contribution in [0, 0.1) is 0 Å². The number of esters is 2. The zero-order chi connectivity index (χ0) is 15.2. The highest BCUT2D eigenvalue weighted by molar-refractivity contribution is 5.79. The molecule has 1 N–H and O–H groups in total. The fraction of sp³-hybridized carbons (Fsp3) is 0.467. The number of methoxy groups -OCH3 is 1. The lowest BCUT2D eigenvalue weighted by molar-refractivity contribution is -0.154. The van der Waals surface area contributed by atoms with Gasteiger partial charge in [-0.3, -0.25) is 10.1 Å². The molecule has 0 aliphatic rings. The number of benzene rings is 1. The fourth-order valence-electron chi connectivity index (χ4n) is 1.66. The van der Waals surface area contributed by atoms with Gasteiger partial charge in [-0.15, -0.1) is 0 Å². The summed E-state index contributed by atoms with van der Waals surface area (Å²) in [6, 6.07) is 8.40. The maximum absolute atomic E-state index is 11.8. The summed E-state index contributed by atoms with van der Waals surface area (Å²) < 4.78 is 9.93. The van der Waals surface area contributed by atoms with Crippen LogP contribution < -0.4 is 5.32 Å². The van der Waals surface area contributed by atoms with Crippen LogP contribution in [0.2, 0.25) is 0 Å². The second kappa shape index (κ2) is 7.05. The second-order valence-electron chi connectivity index (χ2n) is 5.33. The molecule has 0 saturated heterocycles. The van der Waals surface area contributed by atoms with Crippen molar-refractivity contribution in [2.75, 3.05) is 13.7 Å². The molecule has 0 amide bonds. The van der Waals surface area contributed by atoms with E-state index < -0.39 is 23.6 Å². The van der Waals surface area contributed by atoms with Crippen molar-refractivity contribution in [3.05, 3.63) is 35.9 Å². The Hall–Kier alpha value is -1.88. The predicted octanol–water partition coefficient (Wildman–Crippen LogP) is 1.83. The summed E-state index contributed by atoms with van der Waals surface area (Å²) in [5.74, 6) is -0.859. The number of carbonyl (C=O) groups is 2. The van der Waals surface area contributed by atoms with Crippen LogP contribution in [0.3, 0.4) is 0 Å². The first-order valence-corrected chi connectivity index (χ1v) is 6.41. The van der Waals surface area contributed by atoms with Crippen molar-refractivity contribution in [3.63, 3.8) is 0 Å². The Balaban J connectivity index is 2.68. The summed E-state index contributed by atoms with van der Waals surface area (Å²) >= 11 is 0. The van der Waals surface area contributed by atoms with Crippen LogP contribution in [-0.2, 0) is 19.1 Å². The van der Waals surface area contributed by atoms with Gasteiger partial charge in [-0.2, -0.15) is 0 Å². The Morgan fingerprint density at radius 3 is 2.30 bits per heavy atom. The van der Waals surface area contributed by atoms with Gasteiger partial charge in [0.2, 0.25) is 0 Å². The van der Waals surface area contributed by atoms with Gasteiger partial charge < -0.3 is 9.47 Å². The van der Waals surface area contributed by atoms with Gasteiger partial charge in [0.05, 0.1) is 13.7 Å². The molecule has 0 radical (unpaired) electrons. The minimum absolute atomic E-state index is 0.0636. The Labute approximate surface area is 119 Å². The van der Waals surface area contributed by atoms with Crippen LogP contribution in [0.5, 0.6) is 0 Å². The van der Waals surface area contributed by atoms with Crippen LogP contribution >= 0.6 is 0 Å². The monoisotopic (exact) mass is 279 g/mol. The number of nitrogens with one attached hydrogen (secondary N) is 1. The number of ether oxygens (including phenoxy) is 2.